The molecule has 4 aromatic rings. The minimum Gasteiger partial charge on any atom is -0.390 e. The van der Waals surface area contributed by atoms with E-state index < -0.39 is 5.60 Å². The number of fused-ring (bicyclic) bond motifs is 1. The number of nitrogens with zero attached hydrogens (tertiary/aromatic N) is 3. The zero-order valence-corrected chi connectivity index (χ0v) is 17.5. The second-order valence-electron chi connectivity index (χ2n) is 8.68. The number of rotatable bonds is 4. The standard InChI is InChI=1S/C25H24N4O2/c1-15-12-17(22(30)16-6-4-3-5-7-16)8-9-19(15)20-21-23(26)27-10-11-29(21)24(28-20)18-13-25(2,31)14-18/h3-12,18,31H,13-14H2,1-2H3,(H2,26,27). The van der Waals surface area contributed by atoms with Crippen LogP contribution in [0.25, 0.3) is 16.8 Å². The summed E-state index contributed by atoms with van der Waals surface area (Å²) in [5, 5.41) is 10.2. The summed E-state index contributed by atoms with van der Waals surface area (Å²) in [6.45, 7) is 3.82. The number of ketones is 1. The minimum absolute atomic E-state index is 0.0106. The molecule has 0 amide bonds. The van der Waals surface area contributed by atoms with Crippen molar-refractivity contribution in [3.8, 4) is 11.3 Å². The molecular formula is C25H24N4O2. The van der Waals surface area contributed by atoms with Gasteiger partial charge in [0, 0.05) is 35.0 Å². The third kappa shape index (κ3) is 3.29. The monoisotopic (exact) mass is 412 g/mol. The smallest absolute Gasteiger partial charge is 0.193 e. The number of benzene rings is 2. The van der Waals surface area contributed by atoms with Gasteiger partial charge in [0.1, 0.15) is 22.9 Å². The molecule has 1 fully saturated rings. The Hall–Kier alpha value is -3.51. The molecule has 0 bridgehead atoms. The Balaban J connectivity index is 1.59. The number of hydrogen-bond donors (Lipinski definition) is 2. The molecule has 0 spiro atoms. The van der Waals surface area contributed by atoms with Crippen LogP contribution >= 0.6 is 0 Å². The van der Waals surface area contributed by atoms with Gasteiger partial charge in [-0.25, -0.2) is 9.97 Å². The molecule has 6 nitrogen and oxygen atoms in total. The largest absolute Gasteiger partial charge is 0.390 e. The molecule has 1 aliphatic carbocycles. The van der Waals surface area contributed by atoms with Crippen molar-refractivity contribution in [2.24, 2.45) is 0 Å². The first-order valence-corrected chi connectivity index (χ1v) is 10.4. The van der Waals surface area contributed by atoms with Crippen molar-refractivity contribution in [2.75, 3.05) is 5.73 Å². The van der Waals surface area contributed by atoms with Crippen molar-refractivity contribution in [1.29, 1.82) is 0 Å². The normalized spacial score (nSPS) is 20.5. The molecule has 1 aliphatic rings. The predicted octanol–water partition coefficient (Wildman–Crippen LogP) is 4.15. The lowest BCUT2D eigenvalue weighted by Crippen LogP contribution is -2.40. The number of carbonyl (C=O) groups excluding carboxylic acids is 1. The van der Waals surface area contributed by atoms with Gasteiger partial charge in [-0.3, -0.25) is 9.20 Å². The second-order valence-corrected chi connectivity index (χ2v) is 8.68. The highest BCUT2D eigenvalue weighted by Gasteiger charge is 2.41. The van der Waals surface area contributed by atoms with Gasteiger partial charge in [0.2, 0.25) is 0 Å². The van der Waals surface area contributed by atoms with Gasteiger partial charge in [0.15, 0.2) is 5.78 Å². The second kappa shape index (κ2) is 7.03. The first-order chi connectivity index (χ1) is 14.8. The first-order valence-electron chi connectivity index (χ1n) is 10.4. The van der Waals surface area contributed by atoms with Crippen molar-refractivity contribution >= 4 is 17.1 Å². The first kappa shape index (κ1) is 19.5. The van der Waals surface area contributed by atoms with E-state index in [-0.39, 0.29) is 11.7 Å². The predicted molar refractivity (Wildman–Crippen MR) is 120 cm³/mol. The Kier molecular flexibility index (Phi) is 4.41. The molecule has 0 aliphatic heterocycles. The van der Waals surface area contributed by atoms with Crippen LogP contribution in [0.15, 0.2) is 60.9 Å². The Labute approximate surface area is 180 Å². The molecule has 5 rings (SSSR count). The van der Waals surface area contributed by atoms with E-state index in [1.54, 1.807) is 6.20 Å². The number of aryl methyl sites for hydroxylation is 1. The third-order valence-corrected chi connectivity index (χ3v) is 6.13. The number of aromatic nitrogens is 3. The number of imidazole rings is 1. The number of nitrogen functional groups attached to an aromatic ring is 1. The van der Waals surface area contributed by atoms with Gasteiger partial charge in [-0.15, -0.1) is 0 Å². The molecule has 3 N–H and O–H groups in total. The highest BCUT2D eigenvalue weighted by Crippen LogP contribution is 2.45. The molecule has 1 saturated carbocycles. The zero-order valence-electron chi connectivity index (χ0n) is 17.5. The van der Waals surface area contributed by atoms with E-state index in [1.165, 1.54) is 0 Å². The van der Waals surface area contributed by atoms with Crippen LogP contribution in [0.3, 0.4) is 0 Å². The fourth-order valence-corrected chi connectivity index (χ4v) is 4.57. The van der Waals surface area contributed by atoms with Crippen LogP contribution in [0.5, 0.6) is 0 Å². The summed E-state index contributed by atoms with van der Waals surface area (Å²) in [5.74, 6) is 1.45. The summed E-state index contributed by atoms with van der Waals surface area (Å²) >= 11 is 0. The number of carbonyl (C=O) groups is 1. The molecule has 0 saturated heterocycles. The van der Waals surface area contributed by atoms with Crippen molar-refractivity contribution in [1.82, 2.24) is 14.4 Å². The van der Waals surface area contributed by atoms with Crippen LogP contribution in [0, 0.1) is 6.92 Å². The summed E-state index contributed by atoms with van der Waals surface area (Å²) in [6.07, 6.45) is 4.87. The van der Waals surface area contributed by atoms with E-state index in [0.29, 0.717) is 29.8 Å². The van der Waals surface area contributed by atoms with Crippen LogP contribution in [0.4, 0.5) is 5.82 Å². The lowest BCUT2D eigenvalue weighted by molar-refractivity contribution is -0.0335. The zero-order chi connectivity index (χ0) is 21.8. The van der Waals surface area contributed by atoms with Gasteiger partial charge in [0.05, 0.1) is 5.60 Å². The number of aliphatic hydroxyl groups is 1. The average molecular weight is 412 g/mol. The topological polar surface area (TPSA) is 93.5 Å². The quantitative estimate of drug-likeness (QED) is 0.491. The van der Waals surface area contributed by atoms with E-state index in [1.807, 2.05) is 73.0 Å². The van der Waals surface area contributed by atoms with Crippen LogP contribution in [0.1, 0.15) is 53.0 Å². The molecular weight excluding hydrogens is 388 g/mol. The number of hydrogen-bond acceptors (Lipinski definition) is 5. The molecule has 156 valence electrons. The maximum Gasteiger partial charge on any atom is 0.193 e. The molecule has 2 aromatic carbocycles. The van der Waals surface area contributed by atoms with Gasteiger partial charge in [-0.1, -0.05) is 42.5 Å². The molecule has 0 atom stereocenters. The number of nitrogens with two attached hydrogens (primary N) is 1. The minimum atomic E-state index is -0.648. The highest BCUT2D eigenvalue weighted by molar-refractivity contribution is 6.09. The van der Waals surface area contributed by atoms with E-state index >= 15 is 0 Å². The fraction of sp³-hybridized carbons (Fsp3) is 0.240. The summed E-state index contributed by atoms with van der Waals surface area (Å²) in [4.78, 5) is 22.1. The molecule has 2 aromatic heterocycles. The van der Waals surface area contributed by atoms with Gasteiger partial charge >= 0.3 is 0 Å². The van der Waals surface area contributed by atoms with Gasteiger partial charge in [-0.05, 0) is 38.3 Å². The lowest BCUT2D eigenvalue weighted by Gasteiger charge is -2.40. The van der Waals surface area contributed by atoms with Crippen LogP contribution < -0.4 is 5.73 Å². The molecule has 0 radical (unpaired) electrons. The third-order valence-electron chi connectivity index (χ3n) is 6.13. The summed E-state index contributed by atoms with van der Waals surface area (Å²) < 4.78 is 1.99. The average Bonchev–Trinajstić information content (AvgIpc) is 3.12. The van der Waals surface area contributed by atoms with Crippen LogP contribution in [0.2, 0.25) is 0 Å². The van der Waals surface area contributed by atoms with Crippen molar-refractivity contribution < 1.29 is 9.90 Å². The van der Waals surface area contributed by atoms with E-state index in [0.717, 1.165) is 28.2 Å². The molecule has 31 heavy (non-hydrogen) atoms. The molecule has 2 heterocycles. The lowest BCUT2D eigenvalue weighted by atomic mass is 9.72. The molecule has 6 heteroatoms. The Morgan fingerprint density at radius 2 is 1.90 bits per heavy atom. The Morgan fingerprint density at radius 1 is 1.16 bits per heavy atom. The summed E-state index contributed by atoms with van der Waals surface area (Å²) in [7, 11) is 0. The van der Waals surface area contributed by atoms with E-state index in [4.69, 9.17) is 10.7 Å². The number of anilines is 1. The van der Waals surface area contributed by atoms with Gasteiger partial charge in [-0.2, -0.15) is 0 Å². The van der Waals surface area contributed by atoms with Crippen molar-refractivity contribution in [3.63, 3.8) is 0 Å². The van der Waals surface area contributed by atoms with Crippen molar-refractivity contribution in [3.05, 3.63) is 83.4 Å². The van der Waals surface area contributed by atoms with Gasteiger partial charge < -0.3 is 10.8 Å². The SMILES string of the molecule is Cc1cc(C(=O)c2ccccc2)ccc1-c1nc(C2CC(C)(O)C2)n2ccnc(N)c12. The van der Waals surface area contributed by atoms with Gasteiger partial charge in [0.25, 0.3) is 0 Å². The van der Waals surface area contributed by atoms with E-state index in [9.17, 15) is 9.90 Å². The molecule has 0 unspecified atom stereocenters. The van der Waals surface area contributed by atoms with Crippen molar-refractivity contribution in [2.45, 2.75) is 38.2 Å². The maximum atomic E-state index is 12.8. The maximum absolute atomic E-state index is 12.8. The van der Waals surface area contributed by atoms with E-state index in [2.05, 4.69) is 4.98 Å². The fourth-order valence-electron chi connectivity index (χ4n) is 4.57. The Morgan fingerprint density at radius 3 is 2.58 bits per heavy atom. The Bertz CT molecular complexity index is 1300. The van der Waals surface area contributed by atoms with Crippen LogP contribution in [-0.2, 0) is 0 Å². The van der Waals surface area contributed by atoms with Crippen LogP contribution in [-0.4, -0.2) is 30.9 Å². The highest BCUT2D eigenvalue weighted by atomic mass is 16.3. The summed E-state index contributed by atoms with van der Waals surface area (Å²) in [6, 6.07) is 14.9. The summed E-state index contributed by atoms with van der Waals surface area (Å²) in [5.41, 5.74) is 10.3.